The quantitative estimate of drug-likeness (QED) is 0.760. The first-order chi connectivity index (χ1) is 6.86. The summed E-state index contributed by atoms with van der Waals surface area (Å²) in [5, 5.41) is 3.67. The third kappa shape index (κ3) is 2.52. The van der Waals surface area contributed by atoms with Crippen LogP contribution in [0.2, 0.25) is 0 Å². The van der Waals surface area contributed by atoms with Gasteiger partial charge in [-0.2, -0.15) is 11.8 Å². The van der Waals surface area contributed by atoms with Crippen molar-refractivity contribution >= 4 is 11.8 Å². The average Bonchev–Trinajstić information content (AvgIpc) is 2.44. The van der Waals surface area contributed by atoms with Gasteiger partial charge in [-0.05, 0) is 24.7 Å². The maximum absolute atomic E-state index is 3.67. The minimum Gasteiger partial charge on any atom is -0.307 e. The molecule has 2 unspecified atom stereocenters. The fraction of sp³-hybridized carbons (Fsp3) is 0.500. The molecule has 1 aromatic rings. The number of thioether (sulfide) groups is 1. The van der Waals surface area contributed by atoms with Gasteiger partial charge < -0.3 is 5.32 Å². The Morgan fingerprint density at radius 3 is 2.86 bits per heavy atom. The van der Waals surface area contributed by atoms with E-state index in [9.17, 15) is 0 Å². The summed E-state index contributed by atoms with van der Waals surface area (Å²) in [6.45, 7) is 2.28. The van der Waals surface area contributed by atoms with E-state index in [1.807, 2.05) is 0 Å². The van der Waals surface area contributed by atoms with E-state index in [1.165, 1.54) is 23.5 Å². The lowest BCUT2D eigenvalue weighted by atomic mass is 10.1. The molecule has 0 radical (unpaired) electrons. The molecule has 0 aliphatic carbocycles. The highest BCUT2D eigenvalue weighted by atomic mass is 32.2. The van der Waals surface area contributed by atoms with Crippen LogP contribution in [0, 0.1) is 0 Å². The monoisotopic (exact) mass is 207 g/mol. The van der Waals surface area contributed by atoms with Crippen molar-refractivity contribution in [3.8, 4) is 0 Å². The van der Waals surface area contributed by atoms with Gasteiger partial charge in [0.2, 0.25) is 0 Å². The fourth-order valence-electron chi connectivity index (χ4n) is 1.81. The third-order valence-electron chi connectivity index (χ3n) is 2.67. The van der Waals surface area contributed by atoms with Crippen LogP contribution in [0.1, 0.15) is 24.9 Å². The molecule has 1 heterocycles. The molecule has 1 aliphatic heterocycles. The fourth-order valence-corrected chi connectivity index (χ4v) is 3.03. The Balaban J connectivity index is 2.09. The van der Waals surface area contributed by atoms with Gasteiger partial charge in [-0.15, -0.1) is 0 Å². The van der Waals surface area contributed by atoms with E-state index in [1.54, 1.807) is 0 Å². The van der Waals surface area contributed by atoms with Gasteiger partial charge in [-0.3, -0.25) is 0 Å². The minimum atomic E-state index is 0.540. The average molecular weight is 207 g/mol. The second kappa shape index (κ2) is 4.85. The van der Waals surface area contributed by atoms with Crippen molar-refractivity contribution in [3.05, 3.63) is 35.9 Å². The van der Waals surface area contributed by atoms with Crippen LogP contribution in [-0.4, -0.2) is 17.5 Å². The Labute approximate surface area is 90.3 Å². The van der Waals surface area contributed by atoms with Gasteiger partial charge in [-0.1, -0.05) is 30.3 Å². The second-order valence-corrected chi connectivity index (χ2v) is 5.04. The zero-order valence-corrected chi connectivity index (χ0v) is 9.39. The van der Waals surface area contributed by atoms with E-state index in [4.69, 9.17) is 0 Å². The zero-order chi connectivity index (χ0) is 9.80. The Morgan fingerprint density at radius 2 is 2.07 bits per heavy atom. The van der Waals surface area contributed by atoms with Gasteiger partial charge in [0.1, 0.15) is 0 Å². The minimum absolute atomic E-state index is 0.540. The van der Waals surface area contributed by atoms with Gasteiger partial charge in [-0.25, -0.2) is 0 Å². The predicted molar refractivity (Wildman–Crippen MR) is 63.7 cm³/mol. The molecule has 1 N–H and O–H groups in total. The molecule has 1 aliphatic rings. The molecule has 1 aromatic carbocycles. The molecule has 2 heteroatoms. The zero-order valence-electron chi connectivity index (χ0n) is 8.57. The van der Waals surface area contributed by atoms with E-state index < -0.39 is 0 Å². The number of rotatable bonds is 1. The van der Waals surface area contributed by atoms with Crippen LogP contribution in [0.4, 0.5) is 0 Å². The van der Waals surface area contributed by atoms with E-state index in [0.29, 0.717) is 12.1 Å². The number of benzene rings is 1. The first-order valence-corrected chi connectivity index (χ1v) is 6.40. The van der Waals surface area contributed by atoms with Crippen LogP contribution in [0.15, 0.2) is 30.3 Å². The van der Waals surface area contributed by atoms with Crippen molar-refractivity contribution in [3.63, 3.8) is 0 Å². The predicted octanol–water partition coefficient (Wildman–Crippen LogP) is 2.84. The molecule has 2 atom stereocenters. The molecule has 0 bridgehead atoms. The summed E-state index contributed by atoms with van der Waals surface area (Å²) in [4.78, 5) is 0. The smallest absolute Gasteiger partial charge is 0.0413 e. The van der Waals surface area contributed by atoms with Crippen molar-refractivity contribution in [1.29, 1.82) is 0 Å². The molecule has 1 saturated heterocycles. The maximum atomic E-state index is 3.67. The normalized spacial score (nSPS) is 28.4. The highest BCUT2D eigenvalue weighted by Crippen LogP contribution is 2.23. The summed E-state index contributed by atoms with van der Waals surface area (Å²) in [6.07, 6.45) is 1.29. The molecule has 76 valence electrons. The molecular weight excluding hydrogens is 190 g/mol. The lowest BCUT2D eigenvalue weighted by molar-refractivity contribution is 0.485. The van der Waals surface area contributed by atoms with E-state index in [0.717, 1.165) is 0 Å². The standard InChI is InChI=1S/C12H17NS/c1-10-7-8-14-9-12(13-10)11-5-3-2-4-6-11/h2-6,10,12-13H,7-9H2,1H3. The Morgan fingerprint density at radius 1 is 1.29 bits per heavy atom. The lowest BCUT2D eigenvalue weighted by Crippen LogP contribution is -2.30. The molecule has 14 heavy (non-hydrogen) atoms. The van der Waals surface area contributed by atoms with Crippen LogP contribution in [-0.2, 0) is 0 Å². The largest absolute Gasteiger partial charge is 0.307 e. The molecule has 1 nitrogen and oxygen atoms in total. The summed E-state index contributed by atoms with van der Waals surface area (Å²) < 4.78 is 0. The topological polar surface area (TPSA) is 12.0 Å². The van der Waals surface area contributed by atoms with Gasteiger partial charge in [0.05, 0.1) is 0 Å². The van der Waals surface area contributed by atoms with Crippen LogP contribution >= 0.6 is 11.8 Å². The van der Waals surface area contributed by atoms with E-state index >= 15 is 0 Å². The molecule has 0 spiro atoms. The molecule has 1 fully saturated rings. The first kappa shape index (κ1) is 10.1. The highest BCUT2D eigenvalue weighted by molar-refractivity contribution is 7.99. The SMILES string of the molecule is CC1CCSCC(c2ccccc2)N1. The van der Waals surface area contributed by atoms with Crippen molar-refractivity contribution < 1.29 is 0 Å². The molecule has 0 amide bonds. The van der Waals surface area contributed by atoms with Crippen molar-refractivity contribution in [2.75, 3.05) is 11.5 Å². The summed E-state index contributed by atoms with van der Waals surface area (Å²) in [6, 6.07) is 12.0. The molecule has 0 aromatic heterocycles. The number of nitrogens with one attached hydrogen (secondary N) is 1. The maximum Gasteiger partial charge on any atom is 0.0413 e. The van der Waals surface area contributed by atoms with Crippen molar-refractivity contribution in [2.24, 2.45) is 0 Å². The molecule has 2 rings (SSSR count). The van der Waals surface area contributed by atoms with Gasteiger partial charge >= 0.3 is 0 Å². The van der Waals surface area contributed by atoms with Crippen LogP contribution in [0.5, 0.6) is 0 Å². The van der Waals surface area contributed by atoms with Crippen LogP contribution < -0.4 is 5.32 Å². The van der Waals surface area contributed by atoms with Crippen LogP contribution in [0.3, 0.4) is 0 Å². The van der Waals surface area contributed by atoms with Gasteiger partial charge in [0.25, 0.3) is 0 Å². The van der Waals surface area contributed by atoms with Crippen molar-refractivity contribution in [1.82, 2.24) is 5.32 Å². The molecule has 0 saturated carbocycles. The summed E-state index contributed by atoms with van der Waals surface area (Å²) >= 11 is 2.06. The molecular formula is C12H17NS. The summed E-state index contributed by atoms with van der Waals surface area (Å²) in [7, 11) is 0. The summed E-state index contributed by atoms with van der Waals surface area (Å²) in [5.41, 5.74) is 1.42. The Bertz CT molecular complexity index is 273. The van der Waals surface area contributed by atoms with E-state index in [2.05, 4.69) is 54.3 Å². The van der Waals surface area contributed by atoms with Crippen molar-refractivity contribution in [2.45, 2.75) is 25.4 Å². The highest BCUT2D eigenvalue weighted by Gasteiger charge is 2.17. The number of hydrogen-bond acceptors (Lipinski definition) is 2. The summed E-state index contributed by atoms with van der Waals surface area (Å²) in [5.74, 6) is 2.49. The second-order valence-electron chi connectivity index (χ2n) is 3.89. The van der Waals surface area contributed by atoms with Gasteiger partial charge in [0.15, 0.2) is 0 Å². The third-order valence-corrected chi connectivity index (χ3v) is 3.76. The lowest BCUT2D eigenvalue weighted by Gasteiger charge is -2.19. The van der Waals surface area contributed by atoms with Crippen LogP contribution in [0.25, 0.3) is 0 Å². The van der Waals surface area contributed by atoms with Gasteiger partial charge in [0, 0.05) is 17.8 Å². The van der Waals surface area contributed by atoms with E-state index in [-0.39, 0.29) is 0 Å². The number of hydrogen-bond donors (Lipinski definition) is 1. The Hall–Kier alpha value is -0.470. The first-order valence-electron chi connectivity index (χ1n) is 5.25. The Kier molecular flexibility index (Phi) is 3.49.